The first-order chi connectivity index (χ1) is 13.1. The molecule has 27 heavy (non-hydrogen) atoms. The number of H-pyrrole nitrogens is 1. The molecule has 1 aliphatic heterocycles. The Labute approximate surface area is 159 Å². The maximum Gasteiger partial charge on any atom is 0.253 e. The van der Waals surface area contributed by atoms with Gasteiger partial charge in [-0.1, -0.05) is 0 Å². The summed E-state index contributed by atoms with van der Waals surface area (Å²) in [5.41, 5.74) is 5.03. The molecule has 1 aromatic carbocycles. The lowest BCUT2D eigenvalue weighted by Gasteiger charge is -2.32. The minimum Gasteiger partial charge on any atom is -0.496 e. The van der Waals surface area contributed by atoms with E-state index in [1.807, 2.05) is 43.1 Å². The first-order valence-corrected chi connectivity index (χ1v) is 9.44. The van der Waals surface area contributed by atoms with Gasteiger partial charge in [-0.15, -0.1) is 0 Å². The second-order valence-corrected chi connectivity index (χ2v) is 7.42. The third-order valence-corrected chi connectivity index (χ3v) is 5.50. The molecular weight excluding hydrogens is 338 g/mol. The average molecular weight is 363 g/mol. The van der Waals surface area contributed by atoms with E-state index in [2.05, 4.69) is 16.0 Å². The molecule has 1 aliphatic rings. The molecule has 0 aliphatic carbocycles. The number of benzene rings is 1. The number of methoxy groups -OCH3 is 1. The van der Waals surface area contributed by atoms with Crippen LogP contribution in [0.25, 0.3) is 10.9 Å². The van der Waals surface area contributed by atoms with Gasteiger partial charge >= 0.3 is 0 Å². The molecule has 0 radical (unpaired) electrons. The molecule has 1 atom stereocenters. The standard InChI is InChI=1S/C22H25N3O2/c1-14-9-17(10-15(2)21(14)27-3)22(26)25-8-4-5-16(13-25)20-11-18-12-23-7-6-19(18)24-20/h6-7,9-12,16,24H,4-5,8,13H2,1-3H3. The van der Waals surface area contributed by atoms with E-state index in [0.717, 1.165) is 59.3 Å². The van der Waals surface area contributed by atoms with Gasteiger partial charge in [0.05, 0.1) is 7.11 Å². The number of pyridine rings is 1. The van der Waals surface area contributed by atoms with Gasteiger partial charge in [-0.25, -0.2) is 0 Å². The Kier molecular flexibility index (Phi) is 4.60. The van der Waals surface area contributed by atoms with E-state index < -0.39 is 0 Å². The van der Waals surface area contributed by atoms with Gasteiger partial charge in [0.15, 0.2) is 0 Å². The molecule has 1 saturated heterocycles. The van der Waals surface area contributed by atoms with E-state index in [9.17, 15) is 4.79 Å². The Hall–Kier alpha value is -2.82. The minimum atomic E-state index is 0.103. The number of hydrogen-bond donors (Lipinski definition) is 1. The van der Waals surface area contributed by atoms with E-state index in [0.29, 0.717) is 5.92 Å². The van der Waals surface area contributed by atoms with Crippen LogP contribution in [-0.4, -0.2) is 41.0 Å². The van der Waals surface area contributed by atoms with Gasteiger partial charge in [0, 0.05) is 53.6 Å². The molecule has 2 aromatic heterocycles. The van der Waals surface area contributed by atoms with Crippen LogP contribution in [-0.2, 0) is 0 Å². The zero-order chi connectivity index (χ0) is 19.0. The van der Waals surface area contributed by atoms with Crippen molar-refractivity contribution in [3.63, 3.8) is 0 Å². The number of rotatable bonds is 3. The number of fused-ring (bicyclic) bond motifs is 1. The van der Waals surface area contributed by atoms with Crippen LogP contribution < -0.4 is 4.74 Å². The number of carbonyl (C=O) groups is 1. The summed E-state index contributed by atoms with van der Waals surface area (Å²) in [6.45, 7) is 5.52. The van der Waals surface area contributed by atoms with E-state index >= 15 is 0 Å². The van der Waals surface area contributed by atoms with Crippen molar-refractivity contribution in [2.75, 3.05) is 20.2 Å². The van der Waals surface area contributed by atoms with Gasteiger partial charge in [-0.3, -0.25) is 9.78 Å². The molecule has 3 aromatic rings. The summed E-state index contributed by atoms with van der Waals surface area (Å²) in [6.07, 6.45) is 5.78. The first-order valence-electron chi connectivity index (χ1n) is 9.44. The van der Waals surface area contributed by atoms with Crippen molar-refractivity contribution in [2.45, 2.75) is 32.6 Å². The fraction of sp³-hybridized carbons (Fsp3) is 0.364. The number of nitrogens with one attached hydrogen (secondary N) is 1. The summed E-state index contributed by atoms with van der Waals surface area (Å²) in [5, 5.41) is 1.12. The third kappa shape index (κ3) is 3.29. The number of aromatic amines is 1. The first kappa shape index (κ1) is 17.6. The van der Waals surface area contributed by atoms with Crippen LogP contribution in [0.3, 0.4) is 0 Å². The van der Waals surface area contributed by atoms with Crippen LogP contribution in [0.5, 0.6) is 5.75 Å². The number of nitrogens with zero attached hydrogens (tertiary/aromatic N) is 2. The smallest absolute Gasteiger partial charge is 0.253 e. The van der Waals surface area contributed by atoms with Crippen LogP contribution in [0.4, 0.5) is 0 Å². The number of carbonyl (C=O) groups excluding carboxylic acids is 1. The molecule has 1 unspecified atom stereocenters. The Morgan fingerprint density at radius 3 is 2.74 bits per heavy atom. The van der Waals surface area contributed by atoms with Crippen molar-refractivity contribution in [1.82, 2.24) is 14.9 Å². The third-order valence-electron chi connectivity index (χ3n) is 5.50. The van der Waals surface area contributed by atoms with Crippen molar-refractivity contribution < 1.29 is 9.53 Å². The number of amides is 1. The lowest BCUT2D eigenvalue weighted by molar-refractivity contribution is 0.0706. The molecule has 0 spiro atoms. The molecule has 1 fully saturated rings. The second kappa shape index (κ2) is 7.06. The predicted octanol–water partition coefficient (Wildman–Crippen LogP) is 4.21. The van der Waals surface area contributed by atoms with Gasteiger partial charge in [0.1, 0.15) is 5.75 Å². The van der Waals surface area contributed by atoms with Crippen LogP contribution in [0.15, 0.2) is 36.7 Å². The van der Waals surface area contributed by atoms with Gasteiger partial charge in [0.2, 0.25) is 0 Å². The zero-order valence-electron chi connectivity index (χ0n) is 16.1. The highest BCUT2D eigenvalue weighted by Gasteiger charge is 2.27. The van der Waals surface area contributed by atoms with Crippen LogP contribution in [0.1, 0.15) is 45.9 Å². The summed E-state index contributed by atoms with van der Waals surface area (Å²) in [4.78, 5) is 22.8. The number of ether oxygens (including phenoxy) is 1. The van der Waals surface area contributed by atoms with Crippen LogP contribution in [0.2, 0.25) is 0 Å². The van der Waals surface area contributed by atoms with Crippen molar-refractivity contribution >= 4 is 16.8 Å². The van der Waals surface area contributed by atoms with Crippen LogP contribution in [0, 0.1) is 13.8 Å². The number of aryl methyl sites for hydroxylation is 2. The lowest BCUT2D eigenvalue weighted by atomic mass is 9.94. The van der Waals surface area contributed by atoms with Gasteiger partial charge in [-0.05, 0) is 62.1 Å². The summed E-state index contributed by atoms with van der Waals surface area (Å²) in [6, 6.07) is 8.04. The van der Waals surface area contributed by atoms with Crippen molar-refractivity contribution in [1.29, 1.82) is 0 Å². The zero-order valence-corrected chi connectivity index (χ0v) is 16.1. The van der Waals surface area contributed by atoms with E-state index in [1.165, 1.54) is 5.69 Å². The Bertz CT molecular complexity index is 936. The molecule has 5 heteroatoms. The summed E-state index contributed by atoms with van der Waals surface area (Å²) >= 11 is 0. The topological polar surface area (TPSA) is 58.2 Å². The van der Waals surface area contributed by atoms with E-state index in [1.54, 1.807) is 13.3 Å². The molecule has 1 amide bonds. The predicted molar refractivity (Wildman–Crippen MR) is 106 cm³/mol. The number of hydrogen-bond acceptors (Lipinski definition) is 3. The molecule has 1 N–H and O–H groups in total. The summed E-state index contributed by atoms with van der Waals surface area (Å²) in [7, 11) is 1.67. The Morgan fingerprint density at radius 1 is 1.26 bits per heavy atom. The molecule has 140 valence electrons. The highest BCUT2D eigenvalue weighted by Crippen LogP contribution is 2.30. The van der Waals surface area contributed by atoms with Crippen LogP contribution >= 0.6 is 0 Å². The highest BCUT2D eigenvalue weighted by atomic mass is 16.5. The quantitative estimate of drug-likeness (QED) is 0.758. The number of likely N-dealkylation sites (tertiary alicyclic amines) is 1. The molecule has 4 rings (SSSR count). The number of piperidine rings is 1. The second-order valence-electron chi connectivity index (χ2n) is 7.42. The molecule has 3 heterocycles. The van der Waals surface area contributed by atoms with E-state index in [4.69, 9.17) is 4.74 Å². The number of aromatic nitrogens is 2. The van der Waals surface area contributed by atoms with Gasteiger partial charge in [-0.2, -0.15) is 0 Å². The minimum absolute atomic E-state index is 0.103. The largest absolute Gasteiger partial charge is 0.496 e. The summed E-state index contributed by atoms with van der Waals surface area (Å²) < 4.78 is 5.43. The molecule has 0 saturated carbocycles. The summed E-state index contributed by atoms with van der Waals surface area (Å²) in [5.74, 6) is 1.29. The average Bonchev–Trinajstić information content (AvgIpc) is 3.11. The van der Waals surface area contributed by atoms with Gasteiger partial charge < -0.3 is 14.6 Å². The monoisotopic (exact) mass is 363 g/mol. The molecular formula is C22H25N3O2. The van der Waals surface area contributed by atoms with Gasteiger partial charge in [0.25, 0.3) is 5.91 Å². The lowest BCUT2D eigenvalue weighted by Crippen LogP contribution is -2.39. The van der Waals surface area contributed by atoms with Crippen molar-refractivity contribution in [3.05, 3.63) is 59.0 Å². The highest BCUT2D eigenvalue weighted by molar-refractivity contribution is 5.95. The maximum atomic E-state index is 13.1. The van der Waals surface area contributed by atoms with Crippen molar-refractivity contribution in [2.24, 2.45) is 0 Å². The maximum absolute atomic E-state index is 13.1. The Balaban J connectivity index is 1.56. The molecule has 5 nitrogen and oxygen atoms in total. The molecule has 0 bridgehead atoms. The van der Waals surface area contributed by atoms with E-state index in [-0.39, 0.29) is 5.91 Å². The van der Waals surface area contributed by atoms with Crippen molar-refractivity contribution in [3.8, 4) is 5.75 Å². The Morgan fingerprint density at radius 2 is 2.04 bits per heavy atom. The fourth-order valence-electron chi connectivity index (χ4n) is 4.21. The SMILES string of the molecule is COc1c(C)cc(C(=O)N2CCCC(c3cc4cnccc4[nH]3)C2)cc1C. The fourth-order valence-corrected chi connectivity index (χ4v) is 4.21. The normalized spacial score (nSPS) is 17.3.